The molecule has 0 saturated heterocycles. The van der Waals surface area contributed by atoms with E-state index in [4.69, 9.17) is 4.74 Å². The van der Waals surface area contributed by atoms with Crippen LogP contribution in [0.1, 0.15) is 17.3 Å². The predicted octanol–water partition coefficient (Wildman–Crippen LogP) is 3.85. The smallest absolute Gasteiger partial charge is 0.342 e. The van der Waals surface area contributed by atoms with Crippen LogP contribution in [0, 0.1) is 63.2 Å². The first-order valence-electron chi connectivity index (χ1n) is 8.92. The summed E-state index contributed by atoms with van der Waals surface area (Å²) in [5.74, 6) is 1.12. The lowest BCUT2D eigenvalue weighted by atomic mass is 9.96. The summed E-state index contributed by atoms with van der Waals surface area (Å²) in [6, 6.07) is 8.85. The lowest BCUT2D eigenvalue weighted by molar-refractivity contribution is -0.138. The number of hydrogen-bond acceptors (Lipinski definition) is 3. The van der Waals surface area contributed by atoms with Crippen molar-refractivity contribution in [3.8, 4) is 0 Å². The van der Waals surface area contributed by atoms with E-state index in [2.05, 4.69) is 0 Å². The Balaban J connectivity index is 1.76. The third-order valence-corrected chi connectivity index (χ3v) is 4.58. The van der Waals surface area contributed by atoms with Gasteiger partial charge in [0.1, 0.15) is 5.57 Å². The average molecular weight is 354 g/mol. The number of carbonyl (C=O) groups excluding carboxylic acids is 2. The molecule has 0 aromatic heterocycles. The molecule has 0 spiro atoms. The van der Waals surface area contributed by atoms with Crippen molar-refractivity contribution in [1.29, 1.82) is 0 Å². The highest BCUT2D eigenvalue weighted by Crippen LogP contribution is 2.57. The number of benzene rings is 1. The molecule has 0 N–H and O–H groups in total. The fraction of sp³-hybridized carbons (Fsp3) is 0.0833. The van der Waals surface area contributed by atoms with Gasteiger partial charge in [0.05, 0.1) is 6.61 Å². The molecule has 1 aromatic carbocycles. The second kappa shape index (κ2) is 7.84. The summed E-state index contributed by atoms with van der Waals surface area (Å²) >= 11 is 0. The standard InChI is InChI=1S/C24H18O3/c1-2-27-24(26)22(23(25)18-14-4-3-5-15-18)21-19(16-10-6-7-11-16)20(21)17-12-8-9-13-17/h3-15H,2H2,1H3. The normalized spacial score (nSPS) is 20.3. The van der Waals surface area contributed by atoms with Gasteiger partial charge in [-0.3, -0.25) is 4.79 Å². The van der Waals surface area contributed by atoms with E-state index in [1.807, 2.05) is 57.4 Å². The van der Waals surface area contributed by atoms with E-state index in [1.165, 1.54) is 0 Å². The summed E-state index contributed by atoms with van der Waals surface area (Å²) in [6.45, 7) is 1.96. The molecule has 1 aromatic rings. The maximum absolute atomic E-state index is 13.2. The minimum Gasteiger partial charge on any atom is -0.462 e. The van der Waals surface area contributed by atoms with E-state index in [9.17, 15) is 9.59 Å². The fourth-order valence-electron chi connectivity index (χ4n) is 3.34. The summed E-state index contributed by atoms with van der Waals surface area (Å²) in [7, 11) is 0. The van der Waals surface area contributed by atoms with Crippen LogP contribution in [0.2, 0.25) is 0 Å². The van der Waals surface area contributed by atoms with Crippen LogP contribution >= 0.6 is 0 Å². The van der Waals surface area contributed by atoms with Crippen LogP contribution in [-0.4, -0.2) is 18.4 Å². The van der Waals surface area contributed by atoms with Gasteiger partial charge in [-0.2, -0.15) is 0 Å². The monoisotopic (exact) mass is 354 g/mol. The number of rotatable bonds is 6. The SMILES string of the molecule is CCOC(=O)C(C(=O)c1ccccc1)=C1C([C]2[CH][CH][CH][CH]2)=C1[C]1[CH][CH][CH][CH]1. The van der Waals surface area contributed by atoms with Gasteiger partial charge in [0.2, 0.25) is 5.78 Å². The van der Waals surface area contributed by atoms with Crippen molar-refractivity contribution >= 4 is 11.8 Å². The first-order valence-corrected chi connectivity index (χ1v) is 8.92. The summed E-state index contributed by atoms with van der Waals surface area (Å²) in [6.07, 6.45) is 15.7. The minimum atomic E-state index is -0.577. The van der Waals surface area contributed by atoms with E-state index in [0.717, 1.165) is 23.0 Å². The summed E-state index contributed by atoms with van der Waals surface area (Å²) in [5, 5.41) is 0. The Morgan fingerprint density at radius 1 is 0.815 bits per heavy atom. The highest BCUT2D eigenvalue weighted by molar-refractivity contribution is 6.27. The topological polar surface area (TPSA) is 43.4 Å². The third kappa shape index (κ3) is 3.52. The van der Waals surface area contributed by atoms with E-state index in [1.54, 1.807) is 31.2 Å². The average Bonchev–Trinajstić information content (AvgIpc) is 3.11. The van der Waals surface area contributed by atoms with Crippen LogP contribution in [-0.2, 0) is 9.53 Å². The van der Waals surface area contributed by atoms with E-state index < -0.39 is 5.97 Å². The quantitative estimate of drug-likeness (QED) is 0.256. The molecule has 2 saturated carbocycles. The van der Waals surface area contributed by atoms with Gasteiger partial charge < -0.3 is 4.74 Å². The van der Waals surface area contributed by atoms with E-state index in [0.29, 0.717) is 11.1 Å². The van der Waals surface area contributed by atoms with Crippen molar-refractivity contribution in [2.24, 2.45) is 0 Å². The Labute approximate surface area is 161 Å². The van der Waals surface area contributed by atoms with Gasteiger partial charge in [-0.1, -0.05) is 30.3 Å². The molecule has 0 heterocycles. The van der Waals surface area contributed by atoms with Gasteiger partial charge in [-0.25, -0.2) is 4.79 Å². The molecule has 0 unspecified atom stereocenters. The molecule has 0 amide bonds. The molecule has 2 fully saturated rings. The van der Waals surface area contributed by atoms with Crippen LogP contribution in [0.5, 0.6) is 0 Å². The van der Waals surface area contributed by atoms with E-state index >= 15 is 0 Å². The van der Waals surface area contributed by atoms with Crippen molar-refractivity contribution in [2.75, 3.05) is 6.61 Å². The van der Waals surface area contributed by atoms with Crippen LogP contribution in [0.25, 0.3) is 0 Å². The Morgan fingerprint density at radius 3 is 1.81 bits per heavy atom. The minimum absolute atomic E-state index is 0.107. The van der Waals surface area contributed by atoms with Gasteiger partial charge in [0.25, 0.3) is 0 Å². The zero-order valence-electron chi connectivity index (χ0n) is 14.9. The zero-order chi connectivity index (χ0) is 18.8. The molecule has 0 bridgehead atoms. The van der Waals surface area contributed by atoms with Crippen LogP contribution in [0.3, 0.4) is 0 Å². The number of Topliss-reactive ketones (excluding diaryl/α,β-unsaturated/α-hetero) is 1. The first-order chi connectivity index (χ1) is 13.2. The molecule has 132 valence electrons. The predicted molar refractivity (Wildman–Crippen MR) is 102 cm³/mol. The highest BCUT2D eigenvalue weighted by Gasteiger charge is 2.47. The molecule has 4 rings (SSSR count). The lowest BCUT2D eigenvalue weighted by Gasteiger charge is -2.09. The second-order valence-electron chi connectivity index (χ2n) is 6.26. The van der Waals surface area contributed by atoms with Gasteiger partial charge in [0, 0.05) is 23.0 Å². The Kier molecular flexibility index (Phi) is 5.29. The maximum Gasteiger partial charge on any atom is 0.342 e. The number of allylic oxidation sites excluding steroid dienone is 3. The van der Waals surface area contributed by atoms with Crippen LogP contribution in [0.4, 0.5) is 0 Å². The number of ketones is 1. The Morgan fingerprint density at radius 2 is 1.33 bits per heavy atom. The summed E-state index contributed by atoms with van der Waals surface area (Å²) in [5.41, 5.74) is 3.16. The molecule has 3 aliphatic carbocycles. The van der Waals surface area contributed by atoms with Gasteiger partial charge in [-0.05, 0) is 69.4 Å². The van der Waals surface area contributed by atoms with Crippen molar-refractivity contribution < 1.29 is 14.3 Å². The Bertz CT molecular complexity index is 760. The van der Waals surface area contributed by atoms with Crippen molar-refractivity contribution in [2.45, 2.75) is 6.92 Å². The maximum atomic E-state index is 13.2. The van der Waals surface area contributed by atoms with Gasteiger partial charge >= 0.3 is 5.97 Å². The van der Waals surface area contributed by atoms with Crippen molar-refractivity contribution in [3.63, 3.8) is 0 Å². The number of carbonyl (C=O) groups is 2. The molecular formula is C24H18O3. The molecule has 3 aliphatic rings. The molecule has 27 heavy (non-hydrogen) atoms. The van der Waals surface area contributed by atoms with Crippen LogP contribution < -0.4 is 0 Å². The molecule has 3 nitrogen and oxygen atoms in total. The lowest BCUT2D eigenvalue weighted by Crippen LogP contribution is -2.17. The van der Waals surface area contributed by atoms with Crippen LogP contribution in [0.15, 0.2) is 52.6 Å². The third-order valence-electron chi connectivity index (χ3n) is 4.58. The second-order valence-corrected chi connectivity index (χ2v) is 6.26. The van der Waals surface area contributed by atoms with Crippen molar-refractivity contribution in [1.82, 2.24) is 0 Å². The number of esters is 1. The molecule has 0 atom stereocenters. The molecule has 10 radical (unpaired) electrons. The first kappa shape index (κ1) is 18.2. The van der Waals surface area contributed by atoms with E-state index in [-0.39, 0.29) is 18.0 Å². The largest absolute Gasteiger partial charge is 0.462 e. The summed E-state index contributed by atoms with van der Waals surface area (Å²) < 4.78 is 5.24. The number of ether oxygens (including phenoxy) is 1. The molecule has 3 heteroatoms. The van der Waals surface area contributed by atoms with Gasteiger partial charge in [-0.15, -0.1) is 0 Å². The van der Waals surface area contributed by atoms with Gasteiger partial charge in [0.15, 0.2) is 0 Å². The molecule has 0 aliphatic heterocycles. The highest BCUT2D eigenvalue weighted by atomic mass is 16.5. The number of hydrogen-bond donors (Lipinski definition) is 0. The zero-order valence-corrected chi connectivity index (χ0v) is 14.9. The summed E-state index contributed by atoms with van der Waals surface area (Å²) in [4.78, 5) is 25.9. The van der Waals surface area contributed by atoms with Crippen molar-refractivity contribution in [3.05, 3.63) is 121 Å². The Hall–Kier alpha value is -2.16. The molecular weight excluding hydrogens is 336 g/mol. The fourth-order valence-corrected chi connectivity index (χ4v) is 3.34.